The highest BCUT2D eigenvalue weighted by molar-refractivity contribution is 6.08. The summed E-state index contributed by atoms with van der Waals surface area (Å²) in [5.41, 5.74) is 2.74. The molecule has 6 heteroatoms. The molecule has 0 aliphatic carbocycles. The second kappa shape index (κ2) is 8.47. The van der Waals surface area contributed by atoms with Crippen molar-refractivity contribution < 1.29 is 9.59 Å². The van der Waals surface area contributed by atoms with E-state index >= 15 is 0 Å². The van der Waals surface area contributed by atoms with E-state index in [-0.39, 0.29) is 28.7 Å². The fourth-order valence-corrected chi connectivity index (χ4v) is 3.07. The normalized spacial score (nSPS) is 11.4. The van der Waals surface area contributed by atoms with Gasteiger partial charge in [0.1, 0.15) is 0 Å². The number of carbonyl (C=O) groups is 2. The van der Waals surface area contributed by atoms with E-state index in [1.165, 1.54) is 5.56 Å². The fraction of sp³-hybridized carbons (Fsp3) is 0.348. The Labute approximate surface area is 171 Å². The molecular weight excluding hydrogens is 364 g/mol. The molecule has 0 atom stereocenters. The second-order valence-corrected chi connectivity index (χ2v) is 8.13. The van der Waals surface area contributed by atoms with Crippen molar-refractivity contribution >= 4 is 23.0 Å². The molecule has 29 heavy (non-hydrogen) atoms. The number of aromatic nitrogens is 2. The maximum absolute atomic E-state index is 12.9. The van der Waals surface area contributed by atoms with Crippen LogP contribution in [0.15, 0.2) is 48.7 Å². The van der Waals surface area contributed by atoms with E-state index in [0.717, 1.165) is 12.8 Å². The molecule has 0 fully saturated rings. The largest absolute Gasteiger partial charge is 0.349 e. The van der Waals surface area contributed by atoms with Gasteiger partial charge in [-0.15, -0.1) is 0 Å². The summed E-state index contributed by atoms with van der Waals surface area (Å²) >= 11 is 0. The number of fused-ring (bicyclic) bond motifs is 1. The first-order valence-corrected chi connectivity index (χ1v) is 9.98. The zero-order valence-corrected chi connectivity index (χ0v) is 17.5. The number of amides is 2. The van der Waals surface area contributed by atoms with Crippen LogP contribution in [-0.4, -0.2) is 27.7 Å². The average molecular weight is 393 g/mol. The lowest BCUT2D eigenvalue weighted by Gasteiger charge is -2.19. The van der Waals surface area contributed by atoms with Gasteiger partial charge in [-0.1, -0.05) is 52.3 Å². The van der Waals surface area contributed by atoms with Crippen LogP contribution >= 0.6 is 0 Å². The van der Waals surface area contributed by atoms with Crippen LogP contribution in [0.25, 0.3) is 5.52 Å². The van der Waals surface area contributed by atoms with Crippen molar-refractivity contribution in [2.45, 2.75) is 46.0 Å². The first-order valence-electron chi connectivity index (χ1n) is 9.98. The van der Waals surface area contributed by atoms with E-state index in [4.69, 9.17) is 0 Å². The minimum Gasteiger partial charge on any atom is -0.349 e. The molecule has 2 amide bonds. The first kappa shape index (κ1) is 20.6. The molecule has 0 saturated carbocycles. The predicted octanol–water partition coefficient (Wildman–Crippen LogP) is 4.41. The van der Waals surface area contributed by atoms with Crippen LogP contribution in [0.3, 0.4) is 0 Å². The Bertz CT molecular complexity index is 1010. The summed E-state index contributed by atoms with van der Waals surface area (Å²) in [5, 5.41) is 5.75. The smallest absolute Gasteiger partial charge is 0.287 e. The molecule has 0 unspecified atom stereocenters. The van der Waals surface area contributed by atoms with Gasteiger partial charge in [0.15, 0.2) is 5.69 Å². The number of nitrogens with one attached hydrogen (secondary N) is 2. The molecule has 0 radical (unpaired) electrons. The Morgan fingerprint density at radius 1 is 1.03 bits per heavy atom. The number of carbonyl (C=O) groups excluding carboxylic acids is 2. The van der Waals surface area contributed by atoms with E-state index in [1.54, 1.807) is 16.7 Å². The third-order valence-electron chi connectivity index (χ3n) is 4.79. The summed E-state index contributed by atoms with van der Waals surface area (Å²) in [7, 11) is 0. The van der Waals surface area contributed by atoms with Gasteiger partial charge >= 0.3 is 0 Å². The SMILES string of the molecule is CCCCNC(=O)c1nc(C(=O)Nc2ccc(C(C)(C)C)cc2)c2ccccn12. The van der Waals surface area contributed by atoms with Crippen molar-refractivity contribution in [3.8, 4) is 0 Å². The zero-order chi connectivity index (χ0) is 21.0. The molecular formula is C23H28N4O2. The van der Waals surface area contributed by atoms with Crippen molar-refractivity contribution in [1.29, 1.82) is 0 Å². The van der Waals surface area contributed by atoms with Crippen molar-refractivity contribution in [3.63, 3.8) is 0 Å². The third-order valence-corrected chi connectivity index (χ3v) is 4.79. The van der Waals surface area contributed by atoms with Crippen molar-refractivity contribution in [2.24, 2.45) is 0 Å². The standard InChI is InChI=1S/C23H28N4O2/c1-5-6-14-24-22(29)20-26-19(18-9-7-8-15-27(18)20)21(28)25-17-12-10-16(11-13-17)23(2,3)4/h7-13,15H,5-6,14H2,1-4H3,(H,24,29)(H,25,28). The number of rotatable bonds is 6. The van der Waals surface area contributed by atoms with Gasteiger partial charge in [0.2, 0.25) is 5.82 Å². The third kappa shape index (κ3) is 4.65. The molecule has 3 rings (SSSR count). The highest BCUT2D eigenvalue weighted by atomic mass is 16.2. The minimum atomic E-state index is -0.343. The number of imidazole rings is 1. The quantitative estimate of drug-likeness (QED) is 0.610. The van der Waals surface area contributed by atoms with Crippen LogP contribution in [0.5, 0.6) is 0 Å². The van der Waals surface area contributed by atoms with E-state index < -0.39 is 0 Å². The Morgan fingerprint density at radius 2 is 1.76 bits per heavy atom. The van der Waals surface area contributed by atoms with Gasteiger partial charge < -0.3 is 10.6 Å². The summed E-state index contributed by atoms with van der Waals surface area (Å²) in [4.78, 5) is 29.8. The second-order valence-electron chi connectivity index (χ2n) is 8.13. The Kier molecular flexibility index (Phi) is 6.01. The molecule has 6 nitrogen and oxygen atoms in total. The lowest BCUT2D eigenvalue weighted by molar-refractivity contribution is 0.0942. The predicted molar refractivity (Wildman–Crippen MR) is 116 cm³/mol. The van der Waals surface area contributed by atoms with Crippen LogP contribution < -0.4 is 10.6 Å². The molecule has 0 saturated heterocycles. The van der Waals surface area contributed by atoms with Gasteiger partial charge in [0.25, 0.3) is 11.8 Å². The lowest BCUT2D eigenvalue weighted by Crippen LogP contribution is -2.26. The van der Waals surface area contributed by atoms with Crippen LogP contribution in [0, 0.1) is 0 Å². The summed E-state index contributed by atoms with van der Waals surface area (Å²) in [6.07, 6.45) is 3.63. The number of hydrogen-bond donors (Lipinski definition) is 2. The molecule has 2 N–H and O–H groups in total. The maximum Gasteiger partial charge on any atom is 0.287 e. The summed E-state index contributed by atoms with van der Waals surface area (Å²) in [6.45, 7) is 9.08. The summed E-state index contributed by atoms with van der Waals surface area (Å²) in [5.74, 6) is -0.414. The lowest BCUT2D eigenvalue weighted by atomic mass is 9.87. The van der Waals surface area contributed by atoms with Crippen LogP contribution in [0.4, 0.5) is 5.69 Å². The number of hydrogen-bond acceptors (Lipinski definition) is 3. The number of benzene rings is 1. The number of unbranched alkanes of at least 4 members (excludes halogenated alkanes) is 1. The van der Waals surface area contributed by atoms with Gasteiger partial charge in [-0.05, 0) is 41.7 Å². The summed E-state index contributed by atoms with van der Waals surface area (Å²) < 4.78 is 1.65. The minimum absolute atomic E-state index is 0.0443. The maximum atomic E-state index is 12.9. The molecule has 2 heterocycles. The Hall–Kier alpha value is -3.15. The van der Waals surface area contributed by atoms with Gasteiger partial charge in [-0.2, -0.15) is 0 Å². The molecule has 1 aromatic carbocycles. The van der Waals surface area contributed by atoms with Crippen LogP contribution in [0.2, 0.25) is 0 Å². The molecule has 3 aromatic rings. The van der Waals surface area contributed by atoms with Crippen LogP contribution in [0.1, 0.15) is 67.2 Å². The Morgan fingerprint density at radius 3 is 2.41 bits per heavy atom. The van der Waals surface area contributed by atoms with E-state index in [9.17, 15) is 9.59 Å². The number of pyridine rings is 1. The molecule has 152 valence electrons. The van der Waals surface area contributed by atoms with E-state index in [1.807, 2.05) is 36.4 Å². The van der Waals surface area contributed by atoms with Gasteiger partial charge in [-0.25, -0.2) is 4.98 Å². The van der Waals surface area contributed by atoms with Crippen molar-refractivity contribution in [2.75, 3.05) is 11.9 Å². The summed E-state index contributed by atoms with van der Waals surface area (Å²) in [6, 6.07) is 13.2. The van der Waals surface area contributed by atoms with Crippen molar-refractivity contribution in [3.05, 3.63) is 65.7 Å². The molecule has 0 aliphatic rings. The molecule has 0 aliphatic heterocycles. The van der Waals surface area contributed by atoms with Gasteiger partial charge in [-0.3, -0.25) is 14.0 Å². The highest BCUT2D eigenvalue weighted by Gasteiger charge is 2.21. The Balaban J connectivity index is 1.85. The van der Waals surface area contributed by atoms with Gasteiger partial charge in [0.05, 0.1) is 5.52 Å². The van der Waals surface area contributed by atoms with E-state index in [0.29, 0.717) is 17.7 Å². The molecule has 0 bridgehead atoms. The highest BCUT2D eigenvalue weighted by Crippen LogP contribution is 2.24. The fourth-order valence-electron chi connectivity index (χ4n) is 3.07. The average Bonchev–Trinajstić information content (AvgIpc) is 3.08. The molecule has 2 aromatic heterocycles. The zero-order valence-electron chi connectivity index (χ0n) is 17.5. The number of nitrogens with zero attached hydrogens (tertiary/aromatic N) is 2. The molecule has 0 spiro atoms. The first-order chi connectivity index (χ1) is 13.8. The van der Waals surface area contributed by atoms with E-state index in [2.05, 4.69) is 43.3 Å². The van der Waals surface area contributed by atoms with Crippen LogP contribution in [-0.2, 0) is 5.41 Å². The number of anilines is 1. The topological polar surface area (TPSA) is 75.5 Å². The monoisotopic (exact) mass is 392 g/mol. The van der Waals surface area contributed by atoms with Gasteiger partial charge in [0, 0.05) is 18.4 Å². The van der Waals surface area contributed by atoms with Crippen molar-refractivity contribution in [1.82, 2.24) is 14.7 Å².